The van der Waals surface area contributed by atoms with Gasteiger partial charge in [0.2, 0.25) is 5.91 Å². The van der Waals surface area contributed by atoms with Crippen LogP contribution in [0.2, 0.25) is 0 Å². The molecule has 0 aromatic carbocycles. The third-order valence-electron chi connectivity index (χ3n) is 4.34. The Morgan fingerprint density at radius 1 is 1.25 bits per heavy atom. The van der Waals surface area contributed by atoms with Crippen molar-refractivity contribution < 1.29 is 4.79 Å². The molecule has 1 aliphatic heterocycles. The average Bonchev–Trinajstić information content (AvgIpc) is 2.49. The lowest BCUT2D eigenvalue weighted by Gasteiger charge is -2.35. The lowest BCUT2D eigenvalue weighted by molar-refractivity contribution is -0.126. The Morgan fingerprint density at radius 2 is 1.95 bits per heavy atom. The van der Waals surface area contributed by atoms with Crippen LogP contribution in [0, 0.1) is 5.92 Å². The van der Waals surface area contributed by atoms with E-state index < -0.39 is 0 Å². The molecule has 20 heavy (non-hydrogen) atoms. The van der Waals surface area contributed by atoms with Gasteiger partial charge in [-0.25, -0.2) is 0 Å². The normalized spacial score (nSPS) is 18.9. The molecule has 1 fully saturated rings. The largest absolute Gasteiger partial charge is 0.355 e. The molecule has 118 valence electrons. The van der Waals surface area contributed by atoms with Crippen LogP contribution in [0.1, 0.15) is 52.9 Å². The molecule has 0 saturated carbocycles. The zero-order valence-electron chi connectivity index (χ0n) is 13.6. The molecule has 0 aromatic rings. The first-order valence-electron chi connectivity index (χ1n) is 8.41. The van der Waals surface area contributed by atoms with Crippen LogP contribution in [0.4, 0.5) is 0 Å². The molecule has 4 heteroatoms. The molecule has 1 saturated heterocycles. The Balaban J connectivity index is 2.20. The highest BCUT2D eigenvalue weighted by molar-refractivity contribution is 5.81. The van der Waals surface area contributed by atoms with Crippen LogP contribution in [0.3, 0.4) is 0 Å². The van der Waals surface area contributed by atoms with E-state index in [1.165, 1.54) is 25.7 Å². The zero-order valence-corrected chi connectivity index (χ0v) is 13.6. The van der Waals surface area contributed by atoms with Crippen LogP contribution in [-0.4, -0.2) is 49.6 Å². The van der Waals surface area contributed by atoms with Crippen LogP contribution in [0.5, 0.6) is 0 Å². The molecule has 0 spiro atoms. The fourth-order valence-corrected chi connectivity index (χ4v) is 2.79. The molecule has 0 aliphatic carbocycles. The van der Waals surface area contributed by atoms with E-state index in [-0.39, 0.29) is 11.9 Å². The van der Waals surface area contributed by atoms with Crippen molar-refractivity contribution in [1.82, 2.24) is 15.5 Å². The maximum Gasteiger partial charge on any atom is 0.237 e. The van der Waals surface area contributed by atoms with E-state index in [1.54, 1.807) is 0 Å². The number of carbonyl (C=O) groups is 1. The van der Waals surface area contributed by atoms with Crippen molar-refractivity contribution in [1.29, 1.82) is 0 Å². The van der Waals surface area contributed by atoms with Crippen molar-refractivity contribution in [2.45, 2.75) is 58.9 Å². The van der Waals surface area contributed by atoms with Gasteiger partial charge in [-0.1, -0.05) is 26.7 Å². The molecular formula is C16H33N3O. The molecule has 0 aromatic heterocycles. The minimum atomic E-state index is 0.0247. The number of unbranched alkanes of at least 4 members (excludes halogenated alkanes) is 2. The highest BCUT2D eigenvalue weighted by Crippen LogP contribution is 2.18. The summed E-state index contributed by atoms with van der Waals surface area (Å²) >= 11 is 0. The van der Waals surface area contributed by atoms with Crippen molar-refractivity contribution in [3.05, 3.63) is 0 Å². The van der Waals surface area contributed by atoms with Crippen molar-refractivity contribution in [2.75, 3.05) is 32.7 Å². The van der Waals surface area contributed by atoms with Crippen molar-refractivity contribution in [3.8, 4) is 0 Å². The zero-order chi connectivity index (χ0) is 14.8. The molecule has 1 unspecified atom stereocenters. The monoisotopic (exact) mass is 283 g/mol. The van der Waals surface area contributed by atoms with Gasteiger partial charge < -0.3 is 10.6 Å². The lowest BCUT2D eigenvalue weighted by atomic mass is 9.95. The summed E-state index contributed by atoms with van der Waals surface area (Å²) in [6.45, 7) is 11.5. The standard InChI is InChI=1S/C16H33N3O/c1-4-6-7-10-18-16(20)14(3)19-11-8-15(9-12-19)13-17-5-2/h14-15,17H,4-13H2,1-3H3,(H,18,20). The summed E-state index contributed by atoms with van der Waals surface area (Å²) in [6, 6.07) is 0.0247. The molecular weight excluding hydrogens is 250 g/mol. The summed E-state index contributed by atoms with van der Waals surface area (Å²) in [7, 11) is 0. The third kappa shape index (κ3) is 6.23. The number of hydrogen-bond donors (Lipinski definition) is 2. The van der Waals surface area contributed by atoms with E-state index in [0.29, 0.717) is 0 Å². The predicted molar refractivity (Wildman–Crippen MR) is 84.8 cm³/mol. The van der Waals surface area contributed by atoms with E-state index >= 15 is 0 Å². The first-order valence-corrected chi connectivity index (χ1v) is 8.41. The summed E-state index contributed by atoms with van der Waals surface area (Å²) in [6.07, 6.45) is 5.91. The molecule has 1 rings (SSSR count). The van der Waals surface area contributed by atoms with Gasteiger partial charge in [0.25, 0.3) is 0 Å². The summed E-state index contributed by atoms with van der Waals surface area (Å²) in [5, 5.41) is 6.49. The van der Waals surface area contributed by atoms with Crippen LogP contribution >= 0.6 is 0 Å². The van der Waals surface area contributed by atoms with Gasteiger partial charge in [-0.05, 0) is 58.3 Å². The van der Waals surface area contributed by atoms with Crippen molar-refractivity contribution in [2.24, 2.45) is 5.92 Å². The summed E-state index contributed by atoms with van der Waals surface area (Å²) in [5.74, 6) is 0.984. The second-order valence-electron chi connectivity index (χ2n) is 5.96. The first-order chi connectivity index (χ1) is 9.69. The molecule has 2 N–H and O–H groups in total. The average molecular weight is 283 g/mol. The summed E-state index contributed by atoms with van der Waals surface area (Å²) in [5.41, 5.74) is 0. The molecule has 1 aliphatic rings. The highest BCUT2D eigenvalue weighted by atomic mass is 16.2. The van der Waals surface area contributed by atoms with E-state index in [2.05, 4.69) is 29.4 Å². The summed E-state index contributed by atoms with van der Waals surface area (Å²) < 4.78 is 0. The second kappa shape index (κ2) is 10.2. The van der Waals surface area contributed by atoms with Gasteiger partial charge >= 0.3 is 0 Å². The van der Waals surface area contributed by atoms with Gasteiger partial charge in [-0.15, -0.1) is 0 Å². The van der Waals surface area contributed by atoms with Gasteiger partial charge in [0, 0.05) is 6.54 Å². The maximum absolute atomic E-state index is 12.1. The van der Waals surface area contributed by atoms with Crippen LogP contribution in [0.25, 0.3) is 0 Å². The van der Waals surface area contributed by atoms with Crippen LogP contribution in [-0.2, 0) is 4.79 Å². The first kappa shape index (κ1) is 17.4. The molecule has 1 amide bonds. The highest BCUT2D eigenvalue weighted by Gasteiger charge is 2.25. The summed E-state index contributed by atoms with van der Waals surface area (Å²) in [4.78, 5) is 14.4. The number of piperidine rings is 1. The van der Waals surface area contributed by atoms with Gasteiger partial charge in [0.15, 0.2) is 0 Å². The minimum Gasteiger partial charge on any atom is -0.355 e. The quantitative estimate of drug-likeness (QED) is 0.636. The van der Waals surface area contributed by atoms with E-state index in [4.69, 9.17) is 0 Å². The Morgan fingerprint density at radius 3 is 2.55 bits per heavy atom. The Kier molecular flexibility index (Phi) is 8.86. The van der Waals surface area contributed by atoms with E-state index in [1.807, 2.05) is 6.92 Å². The molecule has 0 radical (unpaired) electrons. The fraction of sp³-hybridized carbons (Fsp3) is 0.938. The SMILES string of the molecule is CCCCCNC(=O)C(C)N1CCC(CNCC)CC1. The maximum atomic E-state index is 12.1. The van der Waals surface area contributed by atoms with Crippen molar-refractivity contribution in [3.63, 3.8) is 0 Å². The number of amides is 1. The molecule has 1 heterocycles. The number of hydrogen-bond acceptors (Lipinski definition) is 3. The van der Waals surface area contributed by atoms with Crippen molar-refractivity contribution >= 4 is 5.91 Å². The van der Waals surface area contributed by atoms with Gasteiger partial charge in [0.05, 0.1) is 6.04 Å². The Hall–Kier alpha value is -0.610. The topological polar surface area (TPSA) is 44.4 Å². The molecule has 0 bridgehead atoms. The Labute approximate surface area is 124 Å². The smallest absolute Gasteiger partial charge is 0.237 e. The van der Waals surface area contributed by atoms with Crippen LogP contribution in [0.15, 0.2) is 0 Å². The van der Waals surface area contributed by atoms with Gasteiger partial charge in [-0.2, -0.15) is 0 Å². The van der Waals surface area contributed by atoms with E-state index in [9.17, 15) is 4.79 Å². The van der Waals surface area contributed by atoms with Gasteiger partial charge in [0.1, 0.15) is 0 Å². The number of rotatable bonds is 9. The number of likely N-dealkylation sites (tertiary alicyclic amines) is 1. The minimum absolute atomic E-state index is 0.0247. The molecule has 4 nitrogen and oxygen atoms in total. The predicted octanol–water partition coefficient (Wildman–Crippen LogP) is 2.00. The second-order valence-corrected chi connectivity index (χ2v) is 5.96. The fourth-order valence-electron chi connectivity index (χ4n) is 2.79. The lowest BCUT2D eigenvalue weighted by Crippen LogP contribution is -2.49. The number of nitrogens with one attached hydrogen (secondary N) is 2. The Bertz CT molecular complexity index is 262. The van der Waals surface area contributed by atoms with Crippen LogP contribution < -0.4 is 10.6 Å². The van der Waals surface area contributed by atoms with E-state index in [0.717, 1.165) is 45.1 Å². The number of nitrogens with zero attached hydrogens (tertiary/aromatic N) is 1. The molecule has 1 atom stereocenters. The third-order valence-corrected chi connectivity index (χ3v) is 4.34. The number of carbonyl (C=O) groups excluding carboxylic acids is 1. The van der Waals surface area contributed by atoms with Gasteiger partial charge in [-0.3, -0.25) is 9.69 Å².